The fourth-order valence-electron chi connectivity index (χ4n) is 5.51. The van der Waals surface area contributed by atoms with Gasteiger partial charge in [-0.1, -0.05) is 54.1 Å². The molecule has 9 heteroatoms. The Morgan fingerprint density at radius 2 is 1.41 bits per heavy atom. The average molecular weight is 586 g/mol. The first-order chi connectivity index (χ1) is 19.7. The van der Waals surface area contributed by atoms with Crippen molar-refractivity contribution in [2.45, 2.75) is 57.1 Å². The molecule has 2 saturated heterocycles. The highest BCUT2D eigenvalue weighted by Gasteiger charge is 2.30. The first-order valence-electron chi connectivity index (χ1n) is 14.1. The Morgan fingerprint density at radius 1 is 0.829 bits per heavy atom. The molecule has 0 saturated carbocycles. The minimum Gasteiger partial charge on any atom is -0.489 e. The van der Waals surface area contributed by atoms with Crippen LogP contribution in [0.1, 0.15) is 52.7 Å². The van der Waals surface area contributed by atoms with Gasteiger partial charge in [0.05, 0.1) is 10.6 Å². The van der Waals surface area contributed by atoms with E-state index in [0.717, 1.165) is 76.1 Å². The van der Waals surface area contributed by atoms with Gasteiger partial charge in [-0.25, -0.2) is 0 Å². The Kier molecular flexibility index (Phi) is 9.53. The molecule has 41 heavy (non-hydrogen) atoms. The van der Waals surface area contributed by atoms with E-state index in [4.69, 9.17) is 16.3 Å². The second kappa shape index (κ2) is 13.3. The molecule has 2 heterocycles. The molecule has 3 aromatic carbocycles. The summed E-state index contributed by atoms with van der Waals surface area (Å²) in [4.78, 5) is 17.5. The molecule has 5 rings (SSSR count). The number of benzene rings is 3. The first kappa shape index (κ1) is 29.4. The number of nitrogens with one attached hydrogen (secondary N) is 1. The molecule has 2 aliphatic rings. The van der Waals surface area contributed by atoms with Gasteiger partial charge in [-0.05, 0) is 67.1 Å². The number of rotatable bonds is 8. The third-order valence-electron chi connectivity index (χ3n) is 7.88. The number of carbonyl (C=O) groups is 1. The van der Waals surface area contributed by atoms with E-state index in [1.807, 2.05) is 6.07 Å². The van der Waals surface area contributed by atoms with Gasteiger partial charge < -0.3 is 10.1 Å². The smallest absolute Gasteiger partial charge is 0.416 e. The molecule has 1 N–H and O–H groups in total. The lowest BCUT2D eigenvalue weighted by Gasteiger charge is -2.32. The Hall–Kier alpha value is -3.07. The number of alkyl halides is 3. The molecule has 5 nitrogen and oxygen atoms in total. The minimum atomic E-state index is -4.32. The van der Waals surface area contributed by atoms with Crippen LogP contribution in [0.4, 0.5) is 13.2 Å². The maximum atomic E-state index is 12.9. The normalized spacial score (nSPS) is 17.9. The highest BCUT2D eigenvalue weighted by molar-refractivity contribution is 6.32. The van der Waals surface area contributed by atoms with Crippen molar-refractivity contribution in [2.24, 2.45) is 0 Å². The van der Waals surface area contributed by atoms with Crippen molar-refractivity contribution < 1.29 is 22.7 Å². The second-order valence-electron chi connectivity index (χ2n) is 10.9. The van der Waals surface area contributed by atoms with E-state index >= 15 is 0 Å². The van der Waals surface area contributed by atoms with Gasteiger partial charge in [-0.3, -0.25) is 14.6 Å². The summed E-state index contributed by atoms with van der Waals surface area (Å²) in [6.07, 6.45) is -0.962. The highest BCUT2D eigenvalue weighted by Crippen LogP contribution is 2.31. The van der Waals surface area contributed by atoms with Crippen molar-refractivity contribution >= 4 is 17.5 Å². The number of likely N-dealkylation sites (tertiary alicyclic amines) is 2. The molecule has 0 atom stereocenters. The molecule has 1 amide bonds. The molecule has 0 bridgehead atoms. The van der Waals surface area contributed by atoms with E-state index in [1.165, 1.54) is 17.7 Å². The van der Waals surface area contributed by atoms with Crippen LogP contribution in [0.25, 0.3) is 0 Å². The highest BCUT2D eigenvalue weighted by atomic mass is 35.5. The maximum absolute atomic E-state index is 12.9. The van der Waals surface area contributed by atoms with Crippen LogP contribution >= 0.6 is 11.6 Å². The SMILES string of the molecule is O=C(NC1CCN(Cc2ccccc2)CC1)c1ccc(OC2CCN(Cc3ccc(C(F)(F)F)cc3)CC2)c(Cl)c1. The van der Waals surface area contributed by atoms with Crippen molar-refractivity contribution in [3.8, 4) is 5.75 Å². The lowest BCUT2D eigenvalue weighted by molar-refractivity contribution is -0.137. The van der Waals surface area contributed by atoms with Gasteiger partial charge in [-0.15, -0.1) is 0 Å². The van der Waals surface area contributed by atoms with Gasteiger partial charge >= 0.3 is 6.18 Å². The lowest BCUT2D eigenvalue weighted by atomic mass is 10.0. The second-order valence-corrected chi connectivity index (χ2v) is 11.3. The number of piperidine rings is 2. The number of carbonyl (C=O) groups excluding carboxylic acids is 1. The van der Waals surface area contributed by atoms with E-state index in [9.17, 15) is 18.0 Å². The zero-order chi connectivity index (χ0) is 28.8. The van der Waals surface area contributed by atoms with E-state index in [-0.39, 0.29) is 18.1 Å². The van der Waals surface area contributed by atoms with Gasteiger partial charge in [0.1, 0.15) is 11.9 Å². The van der Waals surface area contributed by atoms with Crippen LogP contribution < -0.4 is 10.1 Å². The van der Waals surface area contributed by atoms with Crippen molar-refractivity contribution in [1.29, 1.82) is 0 Å². The van der Waals surface area contributed by atoms with Crippen LogP contribution in [0, 0.1) is 0 Å². The molecule has 2 aliphatic heterocycles. The van der Waals surface area contributed by atoms with Crippen LogP contribution in [-0.4, -0.2) is 54.0 Å². The van der Waals surface area contributed by atoms with E-state index in [1.54, 1.807) is 18.2 Å². The molecule has 0 aromatic heterocycles. The largest absolute Gasteiger partial charge is 0.489 e. The van der Waals surface area contributed by atoms with Crippen molar-refractivity contribution in [3.05, 3.63) is 100 Å². The monoisotopic (exact) mass is 585 g/mol. The van der Waals surface area contributed by atoms with Crippen molar-refractivity contribution in [2.75, 3.05) is 26.2 Å². The first-order valence-corrected chi connectivity index (χ1v) is 14.5. The van der Waals surface area contributed by atoms with Crippen LogP contribution in [0.15, 0.2) is 72.8 Å². The number of nitrogens with zero attached hydrogens (tertiary/aromatic N) is 2. The Morgan fingerprint density at radius 3 is 2.00 bits per heavy atom. The van der Waals surface area contributed by atoms with E-state index in [2.05, 4.69) is 39.4 Å². The molecule has 0 spiro atoms. The molecule has 0 unspecified atom stereocenters. The Bertz CT molecular complexity index is 1290. The van der Waals surface area contributed by atoms with Gasteiger partial charge in [0.15, 0.2) is 0 Å². The summed E-state index contributed by atoms with van der Waals surface area (Å²) in [5.74, 6) is 0.426. The predicted molar refractivity (Wildman–Crippen MR) is 154 cm³/mol. The summed E-state index contributed by atoms with van der Waals surface area (Å²) in [5.41, 5.74) is 2.04. The summed E-state index contributed by atoms with van der Waals surface area (Å²) < 4.78 is 44.6. The number of amides is 1. The fraction of sp³-hybridized carbons (Fsp3) is 0.406. The quantitative estimate of drug-likeness (QED) is 0.316. The van der Waals surface area contributed by atoms with Crippen LogP contribution in [-0.2, 0) is 19.3 Å². The summed E-state index contributed by atoms with van der Waals surface area (Å²) in [5, 5.41) is 3.56. The molecule has 0 aliphatic carbocycles. The Balaban J connectivity index is 1.05. The van der Waals surface area contributed by atoms with Crippen LogP contribution in [0.5, 0.6) is 5.75 Å². The van der Waals surface area contributed by atoms with Crippen LogP contribution in [0.2, 0.25) is 5.02 Å². The summed E-state index contributed by atoms with van der Waals surface area (Å²) >= 11 is 6.51. The van der Waals surface area contributed by atoms with Crippen LogP contribution in [0.3, 0.4) is 0 Å². The predicted octanol–water partition coefficient (Wildman–Crippen LogP) is 6.80. The number of hydrogen-bond donors (Lipinski definition) is 1. The molecular weight excluding hydrogens is 551 g/mol. The fourth-order valence-corrected chi connectivity index (χ4v) is 5.73. The van der Waals surface area contributed by atoms with Gasteiger partial charge in [0.2, 0.25) is 0 Å². The third-order valence-corrected chi connectivity index (χ3v) is 8.18. The molecule has 218 valence electrons. The standard InChI is InChI=1S/C32H35ClF3N3O2/c33-29-20-25(31(40)37-27-12-16-38(17-13-27)21-23-4-2-1-3-5-23)8-11-30(29)41-28-14-18-39(19-15-28)22-24-6-9-26(10-7-24)32(34,35)36/h1-11,20,27-28H,12-19,21-22H2,(H,37,40). The summed E-state index contributed by atoms with van der Waals surface area (Å²) in [6.45, 7) is 4.95. The summed E-state index contributed by atoms with van der Waals surface area (Å²) in [7, 11) is 0. The molecule has 3 aromatic rings. The van der Waals surface area contributed by atoms with Gasteiger partial charge in [-0.2, -0.15) is 13.2 Å². The van der Waals surface area contributed by atoms with Gasteiger partial charge in [0.25, 0.3) is 5.91 Å². The minimum absolute atomic E-state index is 0.0166. The molecular formula is C32H35ClF3N3O2. The average Bonchev–Trinajstić information content (AvgIpc) is 2.96. The maximum Gasteiger partial charge on any atom is 0.416 e. The van der Waals surface area contributed by atoms with Crippen molar-refractivity contribution in [3.63, 3.8) is 0 Å². The zero-order valence-electron chi connectivity index (χ0n) is 22.9. The molecule has 0 radical (unpaired) electrons. The zero-order valence-corrected chi connectivity index (χ0v) is 23.6. The van der Waals surface area contributed by atoms with Crippen molar-refractivity contribution in [1.82, 2.24) is 15.1 Å². The van der Waals surface area contributed by atoms with E-state index in [0.29, 0.717) is 22.9 Å². The number of halogens is 4. The lowest BCUT2D eigenvalue weighted by Crippen LogP contribution is -2.44. The number of hydrogen-bond acceptors (Lipinski definition) is 4. The number of ether oxygens (including phenoxy) is 1. The topological polar surface area (TPSA) is 44.8 Å². The Labute approximate surface area is 244 Å². The summed E-state index contributed by atoms with van der Waals surface area (Å²) in [6, 6.07) is 21.1. The van der Waals surface area contributed by atoms with Gasteiger partial charge in [0, 0.05) is 50.9 Å². The third kappa shape index (κ3) is 8.24. The molecule has 2 fully saturated rings. The van der Waals surface area contributed by atoms with E-state index < -0.39 is 11.7 Å².